The monoisotopic (exact) mass is 239 g/mol. The lowest BCUT2D eigenvalue weighted by Crippen LogP contribution is -2.52. The number of nitrogens with zero attached hydrogens (tertiary/aromatic N) is 2. The standard InChI is InChI=1S/C14H29N3/c1-12-8-9-16(3)11-14(10-15-2)17(12)13-6-4-5-7-13/h12-15H,4-11H2,1-3H3. The average molecular weight is 239 g/mol. The molecule has 2 unspecified atom stereocenters. The molecular formula is C14H29N3. The second-order valence-electron chi connectivity index (χ2n) is 6.00. The highest BCUT2D eigenvalue weighted by Gasteiger charge is 2.34. The summed E-state index contributed by atoms with van der Waals surface area (Å²) in [6.45, 7) is 6.04. The van der Waals surface area contributed by atoms with E-state index in [9.17, 15) is 0 Å². The fraction of sp³-hybridized carbons (Fsp3) is 1.00. The van der Waals surface area contributed by atoms with Crippen LogP contribution in [0.1, 0.15) is 39.0 Å². The van der Waals surface area contributed by atoms with Gasteiger partial charge in [0.15, 0.2) is 0 Å². The summed E-state index contributed by atoms with van der Waals surface area (Å²) in [5.41, 5.74) is 0. The van der Waals surface area contributed by atoms with Crippen LogP contribution in [0, 0.1) is 0 Å². The van der Waals surface area contributed by atoms with Crippen molar-refractivity contribution in [2.75, 3.05) is 33.7 Å². The molecule has 17 heavy (non-hydrogen) atoms. The van der Waals surface area contributed by atoms with Crippen LogP contribution in [-0.2, 0) is 0 Å². The first-order valence-corrected chi connectivity index (χ1v) is 7.33. The summed E-state index contributed by atoms with van der Waals surface area (Å²) in [5, 5.41) is 3.39. The molecule has 1 aliphatic carbocycles. The van der Waals surface area contributed by atoms with Gasteiger partial charge in [0.05, 0.1) is 0 Å². The molecular weight excluding hydrogens is 210 g/mol. The zero-order valence-electron chi connectivity index (χ0n) is 11.8. The smallest absolute Gasteiger partial charge is 0.0353 e. The Balaban J connectivity index is 2.08. The molecule has 100 valence electrons. The Bertz CT molecular complexity index is 226. The zero-order chi connectivity index (χ0) is 12.3. The zero-order valence-corrected chi connectivity index (χ0v) is 11.8. The van der Waals surface area contributed by atoms with E-state index in [0.29, 0.717) is 6.04 Å². The van der Waals surface area contributed by atoms with Crippen molar-refractivity contribution in [3.05, 3.63) is 0 Å². The summed E-state index contributed by atoms with van der Waals surface area (Å²) in [5.74, 6) is 0. The van der Waals surface area contributed by atoms with Crippen molar-refractivity contribution < 1.29 is 0 Å². The maximum absolute atomic E-state index is 3.39. The molecule has 2 atom stereocenters. The third-order valence-electron chi connectivity index (χ3n) is 4.57. The van der Waals surface area contributed by atoms with Crippen LogP contribution in [-0.4, -0.2) is 61.7 Å². The van der Waals surface area contributed by atoms with Gasteiger partial charge in [-0.2, -0.15) is 0 Å². The Kier molecular flexibility index (Phi) is 4.83. The van der Waals surface area contributed by atoms with Crippen LogP contribution in [0.25, 0.3) is 0 Å². The molecule has 0 aromatic heterocycles. The molecule has 0 radical (unpaired) electrons. The van der Waals surface area contributed by atoms with E-state index in [1.54, 1.807) is 0 Å². The van der Waals surface area contributed by atoms with Gasteiger partial charge < -0.3 is 10.2 Å². The normalized spacial score (nSPS) is 34.1. The molecule has 0 aromatic carbocycles. The molecule has 1 saturated carbocycles. The van der Waals surface area contributed by atoms with Crippen LogP contribution in [0.4, 0.5) is 0 Å². The molecule has 0 spiro atoms. The third-order valence-corrected chi connectivity index (χ3v) is 4.57. The molecule has 2 aliphatic rings. The van der Waals surface area contributed by atoms with Gasteiger partial charge in [-0.1, -0.05) is 12.8 Å². The van der Waals surface area contributed by atoms with Gasteiger partial charge in [-0.05, 0) is 46.8 Å². The maximum atomic E-state index is 3.39. The Labute approximate surface area is 107 Å². The summed E-state index contributed by atoms with van der Waals surface area (Å²) < 4.78 is 0. The Hall–Kier alpha value is -0.120. The molecule has 0 bridgehead atoms. The lowest BCUT2D eigenvalue weighted by Gasteiger charge is -2.39. The lowest BCUT2D eigenvalue weighted by molar-refractivity contribution is 0.0911. The molecule has 0 amide bonds. The van der Waals surface area contributed by atoms with E-state index in [-0.39, 0.29) is 0 Å². The van der Waals surface area contributed by atoms with E-state index in [1.165, 1.54) is 45.2 Å². The van der Waals surface area contributed by atoms with Crippen LogP contribution in [0.2, 0.25) is 0 Å². The fourth-order valence-electron chi connectivity index (χ4n) is 3.73. The van der Waals surface area contributed by atoms with Gasteiger partial charge >= 0.3 is 0 Å². The van der Waals surface area contributed by atoms with E-state index in [1.807, 2.05) is 0 Å². The number of likely N-dealkylation sites (N-methyl/N-ethyl adjacent to an activating group) is 2. The molecule has 1 aliphatic heterocycles. The molecule has 2 fully saturated rings. The van der Waals surface area contributed by atoms with E-state index < -0.39 is 0 Å². The summed E-state index contributed by atoms with van der Waals surface area (Å²) in [4.78, 5) is 5.35. The first-order valence-electron chi connectivity index (χ1n) is 7.33. The molecule has 1 saturated heterocycles. The second kappa shape index (κ2) is 6.17. The number of nitrogens with one attached hydrogen (secondary N) is 1. The Morgan fingerprint density at radius 2 is 1.88 bits per heavy atom. The van der Waals surface area contributed by atoms with Crippen molar-refractivity contribution in [2.45, 2.75) is 57.2 Å². The van der Waals surface area contributed by atoms with Crippen molar-refractivity contribution >= 4 is 0 Å². The van der Waals surface area contributed by atoms with Crippen LogP contribution in [0.15, 0.2) is 0 Å². The van der Waals surface area contributed by atoms with Gasteiger partial charge in [0.25, 0.3) is 0 Å². The maximum Gasteiger partial charge on any atom is 0.0353 e. The predicted molar refractivity (Wildman–Crippen MR) is 73.4 cm³/mol. The number of hydrogen-bond acceptors (Lipinski definition) is 3. The molecule has 3 nitrogen and oxygen atoms in total. The quantitative estimate of drug-likeness (QED) is 0.806. The van der Waals surface area contributed by atoms with Gasteiger partial charge in [0.2, 0.25) is 0 Å². The average Bonchev–Trinajstić information content (AvgIpc) is 2.76. The van der Waals surface area contributed by atoms with Crippen LogP contribution >= 0.6 is 0 Å². The summed E-state index contributed by atoms with van der Waals surface area (Å²) >= 11 is 0. The second-order valence-corrected chi connectivity index (χ2v) is 6.00. The van der Waals surface area contributed by atoms with E-state index in [0.717, 1.165) is 18.6 Å². The molecule has 1 N–H and O–H groups in total. The van der Waals surface area contributed by atoms with Gasteiger partial charge in [0, 0.05) is 31.2 Å². The van der Waals surface area contributed by atoms with Crippen molar-refractivity contribution in [1.82, 2.24) is 15.1 Å². The SMILES string of the molecule is CNCC1CN(C)CCC(C)N1C1CCCC1. The highest BCUT2D eigenvalue weighted by atomic mass is 15.3. The summed E-state index contributed by atoms with van der Waals surface area (Å²) in [6, 6.07) is 2.31. The van der Waals surface area contributed by atoms with Crippen molar-refractivity contribution in [1.29, 1.82) is 0 Å². The minimum atomic E-state index is 0.700. The first-order chi connectivity index (χ1) is 8.22. The molecule has 0 aromatic rings. The van der Waals surface area contributed by atoms with Crippen LogP contribution in [0.3, 0.4) is 0 Å². The fourth-order valence-corrected chi connectivity index (χ4v) is 3.73. The highest BCUT2D eigenvalue weighted by Crippen LogP contribution is 2.29. The lowest BCUT2D eigenvalue weighted by atomic mass is 10.1. The Morgan fingerprint density at radius 3 is 2.53 bits per heavy atom. The largest absolute Gasteiger partial charge is 0.318 e. The van der Waals surface area contributed by atoms with Gasteiger partial charge in [-0.3, -0.25) is 4.90 Å². The van der Waals surface area contributed by atoms with E-state index >= 15 is 0 Å². The predicted octanol–water partition coefficient (Wildman–Crippen LogP) is 1.54. The topological polar surface area (TPSA) is 18.5 Å². The minimum Gasteiger partial charge on any atom is -0.318 e. The molecule has 2 rings (SSSR count). The third kappa shape index (κ3) is 3.21. The summed E-state index contributed by atoms with van der Waals surface area (Å²) in [7, 11) is 4.36. The number of rotatable bonds is 3. The molecule has 3 heteroatoms. The number of hydrogen-bond donors (Lipinski definition) is 1. The van der Waals surface area contributed by atoms with Crippen LogP contribution in [0.5, 0.6) is 0 Å². The van der Waals surface area contributed by atoms with Gasteiger partial charge in [0.1, 0.15) is 0 Å². The minimum absolute atomic E-state index is 0.700. The van der Waals surface area contributed by atoms with E-state index in [2.05, 4.69) is 36.1 Å². The van der Waals surface area contributed by atoms with Crippen molar-refractivity contribution in [2.24, 2.45) is 0 Å². The van der Waals surface area contributed by atoms with Crippen LogP contribution < -0.4 is 5.32 Å². The van der Waals surface area contributed by atoms with Crippen molar-refractivity contribution in [3.63, 3.8) is 0 Å². The van der Waals surface area contributed by atoms with Gasteiger partial charge in [-0.15, -0.1) is 0 Å². The summed E-state index contributed by atoms with van der Waals surface area (Å²) in [6.07, 6.45) is 7.06. The highest BCUT2D eigenvalue weighted by molar-refractivity contribution is 4.90. The molecule has 1 heterocycles. The van der Waals surface area contributed by atoms with Crippen molar-refractivity contribution in [3.8, 4) is 0 Å². The van der Waals surface area contributed by atoms with Gasteiger partial charge in [-0.25, -0.2) is 0 Å². The van der Waals surface area contributed by atoms with E-state index in [4.69, 9.17) is 0 Å². The Morgan fingerprint density at radius 1 is 1.18 bits per heavy atom. The first kappa shape index (κ1) is 13.3.